The van der Waals surface area contributed by atoms with Crippen LogP contribution in [-0.2, 0) is 19.6 Å². The molecular formula is C14H16Cl2N2O4S. The summed E-state index contributed by atoms with van der Waals surface area (Å²) >= 11 is 12.0. The molecule has 9 heteroatoms. The van der Waals surface area contributed by atoms with Crippen molar-refractivity contribution in [1.82, 2.24) is 9.21 Å². The van der Waals surface area contributed by atoms with Gasteiger partial charge in [-0.05, 0) is 12.1 Å². The minimum atomic E-state index is -3.76. The number of rotatable bonds is 3. The summed E-state index contributed by atoms with van der Waals surface area (Å²) in [6.07, 6.45) is 0.655. The van der Waals surface area contributed by atoms with Crippen molar-refractivity contribution < 1.29 is 17.9 Å². The maximum absolute atomic E-state index is 12.8. The van der Waals surface area contributed by atoms with Crippen LogP contribution in [0.3, 0.4) is 0 Å². The van der Waals surface area contributed by atoms with Crippen LogP contribution in [0.25, 0.3) is 0 Å². The molecule has 0 aromatic heterocycles. The summed E-state index contributed by atoms with van der Waals surface area (Å²) in [6.45, 7) is 1.95. The first-order chi connectivity index (χ1) is 10.9. The monoisotopic (exact) mass is 378 g/mol. The molecule has 2 heterocycles. The number of esters is 1. The van der Waals surface area contributed by atoms with Gasteiger partial charge in [-0.25, -0.2) is 8.42 Å². The lowest BCUT2D eigenvalue weighted by Gasteiger charge is -2.36. The minimum absolute atomic E-state index is 0.0583. The standard InChI is InChI=1S/C14H16Cl2N2O4S/c15-10-2-1-3-11(16)13(10)23(20,21)18-7-5-17(6-8-18)12-4-9-22-14(12)19/h1-3,12H,4-9H2/t12-/m1/s1. The highest BCUT2D eigenvalue weighted by Crippen LogP contribution is 2.32. The quantitative estimate of drug-likeness (QED) is 0.747. The Morgan fingerprint density at radius 2 is 1.70 bits per heavy atom. The SMILES string of the molecule is O=C1OCC[C@H]1N1CCN(S(=O)(=O)c2c(Cl)cccc2Cl)CC1. The van der Waals surface area contributed by atoms with Gasteiger partial charge < -0.3 is 4.74 Å². The molecule has 0 radical (unpaired) electrons. The second-order valence-corrected chi connectivity index (χ2v) is 8.15. The molecular weight excluding hydrogens is 363 g/mol. The van der Waals surface area contributed by atoms with Crippen molar-refractivity contribution in [3.05, 3.63) is 28.2 Å². The largest absolute Gasteiger partial charge is 0.464 e. The smallest absolute Gasteiger partial charge is 0.323 e. The Morgan fingerprint density at radius 1 is 1.09 bits per heavy atom. The Balaban J connectivity index is 1.75. The topological polar surface area (TPSA) is 66.9 Å². The third-order valence-electron chi connectivity index (χ3n) is 4.14. The molecule has 126 valence electrons. The highest BCUT2D eigenvalue weighted by Gasteiger charge is 2.37. The zero-order chi connectivity index (χ0) is 16.6. The molecule has 3 rings (SSSR count). The van der Waals surface area contributed by atoms with Gasteiger partial charge in [0.15, 0.2) is 0 Å². The van der Waals surface area contributed by atoms with Gasteiger partial charge in [0.25, 0.3) is 0 Å². The molecule has 2 fully saturated rings. The van der Waals surface area contributed by atoms with Crippen molar-refractivity contribution in [2.75, 3.05) is 32.8 Å². The van der Waals surface area contributed by atoms with Gasteiger partial charge in [0.1, 0.15) is 10.9 Å². The lowest BCUT2D eigenvalue weighted by molar-refractivity contribution is -0.142. The van der Waals surface area contributed by atoms with E-state index in [2.05, 4.69) is 0 Å². The highest BCUT2D eigenvalue weighted by molar-refractivity contribution is 7.89. The van der Waals surface area contributed by atoms with Gasteiger partial charge in [0.2, 0.25) is 10.0 Å². The molecule has 0 amide bonds. The first kappa shape index (κ1) is 17.0. The molecule has 1 aromatic rings. The molecule has 0 bridgehead atoms. The number of sulfonamides is 1. The summed E-state index contributed by atoms with van der Waals surface area (Å²) in [7, 11) is -3.76. The highest BCUT2D eigenvalue weighted by atomic mass is 35.5. The molecule has 6 nitrogen and oxygen atoms in total. The van der Waals surface area contributed by atoms with Gasteiger partial charge >= 0.3 is 5.97 Å². The first-order valence-electron chi connectivity index (χ1n) is 7.26. The van der Waals surface area contributed by atoms with Gasteiger partial charge in [-0.3, -0.25) is 9.69 Å². The Hall–Kier alpha value is -0.860. The Labute approximate surface area is 145 Å². The molecule has 2 aliphatic rings. The summed E-state index contributed by atoms with van der Waals surface area (Å²) in [5.41, 5.74) is 0. The first-order valence-corrected chi connectivity index (χ1v) is 9.45. The zero-order valence-electron chi connectivity index (χ0n) is 12.2. The average molecular weight is 379 g/mol. The predicted molar refractivity (Wildman–Crippen MR) is 86.2 cm³/mol. The lowest BCUT2D eigenvalue weighted by atomic mass is 10.2. The van der Waals surface area contributed by atoms with Crippen LogP contribution in [0, 0.1) is 0 Å². The third kappa shape index (κ3) is 3.21. The maximum Gasteiger partial charge on any atom is 0.323 e. The number of benzene rings is 1. The summed E-state index contributed by atoms with van der Waals surface area (Å²) in [5.74, 6) is -0.226. The van der Waals surface area contributed by atoms with Crippen LogP contribution in [0.5, 0.6) is 0 Å². The van der Waals surface area contributed by atoms with E-state index in [4.69, 9.17) is 27.9 Å². The normalized spacial score (nSPS) is 23.9. The second kappa shape index (κ2) is 6.57. The second-order valence-electron chi connectivity index (χ2n) is 5.46. The third-order valence-corrected chi connectivity index (χ3v) is 6.99. The van der Waals surface area contributed by atoms with E-state index in [0.29, 0.717) is 26.1 Å². The van der Waals surface area contributed by atoms with Crippen LogP contribution in [-0.4, -0.2) is 62.4 Å². The summed E-state index contributed by atoms with van der Waals surface area (Å²) < 4.78 is 31.9. The fourth-order valence-corrected chi connectivity index (χ4v) is 5.44. The molecule has 1 aromatic carbocycles. The van der Waals surface area contributed by atoms with Gasteiger partial charge in [0, 0.05) is 32.6 Å². The van der Waals surface area contributed by atoms with Gasteiger partial charge in [-0.2, -0.15) is 4.31 Å². The fourth-order valence-electron chi connectivity index (χ4n) is 2.93. The molecule has 1 atom stereocenters. The van der Waals surface area contributed by atoms with Gasteiger partial charge in [-0.15, -0.1) is 0 Å². The number of nitrogens with zero attached hydrogens (tertiary/aromatic N) is 2. The summed E-state index contributed by atoms with van der Waals surface area (Å²) in [4.78, 5) is 13.5. The molecule has 2 aliphatic heterocycles. The van der Waals surface area contributed by atoms with E-state index in [1.807, 2.05) is 4.90 Å². The Kier molecular flexibility index (Phi) is 4.85. The summed E-state index contributed by atoms with van der Waals surface area (Å²) in [5, 5.41) is 0.221. The maximum atomic E-state index is 12.8. The molecule has 0 aliphatic carbocycles. The van der Waals surface area contributed by atoms with Crippen LogP contribution in [0.2, 0.25) is 10.0 Å². The van der Waals surface area contributed by atoms with Crippen LogP contribution in [0.1, 0.15) is 6.42 Å². The van der Waals surface area contributed by atoms with E-state index in [-0.39, 0.29) is 40.0 Å². The number of ether oxygens (including phenoxy) is 1. The summed E-state index contributed by atoms with van der Waals surface area (Å²) in [6, 6.07) is 4.35. The van der Waals surface area contributed by atoms with E-state index in [1.54, 1.807) is 6.07 Å². The predicted octanol–water partition coefficient (Wildman–Crippen LogP) is 1.62. The fraction of sp³-hybridized carbons (Fsp3) is 0.500. The molecule has 0 N–H and O–H groups in total. The van der Waals surface area contributed by atoms with Crippen LogP contribution in [0.15, 0.2) is 23.1 Å². The molecule has 0 spiro atoms. The zero-order valence-corrected chi connectivity index (χ0v) is 14.6. The van der Waals surface area contributed by atoms with Crippen molar-refractivity contribution in [2.24, 2.45) is 0 Å². The van der Waals surface area contributed by atoms with Gasteiger partial charge in [0.05, 0.1) is 16.7 Å². The van der Waals surface area contributed by atoms with E-state index in [9.17, 15) is 13.2 Å². The van der Waals surface area contributed by atoms with Crippen molar-refractivity contribution in [3.63, 3.8) is 0 Å². The van der Waals surface area contributed by atoms with Crippen LogP contribution >= 0.6 is 23.2 Å². The number of cyclic esters (lactones) is 1. The van der Waals surface area contributed by atoms with E-state index in [0.717, 1.165) is 0 Å². The van der Waals surface area contributed by atoms with E-state index < -0.39 is 10.0 Å². The molecule has 23 heavy (non-hydrogen) atoms. The molecule has 0 unspecified atom stereocenters. The van der Waals surface area contributed by atoms with Crippen molar-refractivity contribution in [1.29, 1.82) is 0 Å². The van der Waals surface area contributed by atoms with E-state index >= 15 is 0 Å². The Morgan fingerprint density at radius 3 is 2.22 bits per heavy atom. The van der Waals surface area contributed by atoms with Crippen LogP contribution < -0.4 is 0 Å². The Bertz CT molecular complexity index is 697. The number of hydrogen-bond acceptors (Lipinski definition) is 5. The number of carbonyl (C=O) groups excluding carboxylic acids is 1. The minimum Gasteiger partial charge on any atom is -0.464 e. The van der Waals surface area contributed by atoms with Crippen molar-refractivity contribution in [2.45, 2.75) is 17.4 Å². The number of piperazine rings is 1. The lowest BCUT2D eigenvalue weighted by Crippen LogP contribution is -2.53. The molecule has 2 saturated heterocycles. The van der Waals surface area contributed by atoms with Gasteiger partial charge in [-0.1, -0.05) is 29.3 Å². The molecule has 0 saturated carbocycles. The number of hydrogen-bond donors (Lipinski definition) is 0. The van der Waals surface area contributed by atoms with Crippen molar-refractivity contribution >= 4 is 39.2 Å². The van der Waals surface area contributed by atoms with E-state index in [1.165, 1.54) is 16.4 Å². The van der Waals surface area contributed by atoms with Crippen LogP contribution in [0.4, 0.5) is 0 Å². The average Bonchev–Trinajstić information content (AvgIpc) is 2.93. The number of carbonyl (C=O) groups is 1. The van der Waals surface area contributed by atoms with Crippen molar-refractivity contribution in [3.8, 4) is 0 Å². The number of halogens is 2.